The van der Waals surface area contributed by atoms with Gasteiger partial charge in [-0.2, -0.15) is 13.8 Å². The lowest BCUT2D eigenvalue weighted by atomic mass is 10.2. The molecule has 3 rings (SSSR count). The van der Waals surface area contributed by atoms with Crippen LogP contribution in [0, 0.1) is 0 Å². The van der Waals surface area contributed by atoms with Crippen molar-refractivity contribution < 1.29 is 0 Å². The molecular formula is C12H10ClN5S. The Kier molecular flexibility index (Phi) is 3.18. The van der Waals surface area contributed by atoms with Crippen molar-refractivity contribution in [2.24, 2.45) is 0 Å². The van der Waals surface area contributed by atoms with Crippen molar-refractivity contribution in [1.82, 2.24) is 18.5 Å². The molecule has 2 aromatic heterocycles. The summed E-state index contributed by atoms with van der Waals surface area (Å²) < 4.78 is 10.1. The summed E-state index contributed by atoms with van der Waals surface area (Å²) in [6, 6.07) is 3.68. The van der Waals surface area contributed by atoms with E-state index in [-0.39, 0.29) is 0 Å². The topological polar surface area (TPSA) is 55.6 Å². The number of fused-ring (bicyclic) bond motifs is 1. The molecule has 0 fully saturated rings. The molecular weight excluding hydrogens is 282 g/mol. The Morgan fingerprint density at radius 3 is 3.11 bits per heavy atom. The van der Waals surface area contributed by atoms with Gasteiger partial charge in [0.1, 0.15) is 11.0 Å². The number of halogens is 1. The van der Waals surface area contributed by atoms with Crippen LogP contribution in [0.2, 0.25) is 5.02 Å². The fourth-order valence-electron chi connectivity index (χ4n) is 1.75. The molecule has 0 saturated heterocycles. The van der Waals surface area contributed by atoms with E-state index in [1.165, 1.54) is 11.7 Å². The standard InChI is InChI=1S/C12H10ClN5S/c1-2-18-7-8(6-15-18)5-14-11-9(13)3-4-10-12(11)17-19-16-10/h2-4,6-7,14H,1,5H2. The molecule has 3 aromatic rings. The third-order valence-electron chi connectivity index (χ3n) is 2.69. The lowest BCUT2D eigenvalue weighted by molar-refractivity contribution is 0.936. The minimum atomic E-state index is 0.615. The number of hydrogen-bond donors (Lipinski definition) is 1. The molecule has 0 unspecified atom stereocenters. The first kappa shape index (κ1) is 12.1. The average molecular weight is 292 g/mol. The van der Waals surface area contributed by atoms with Crippen molar-refractivity contribution in [1.29, 1.82) is 0 Å². The third-order valence-corrected chi connectivity index (χ3v) is 3.55. The van der Waals surface area contributed by atoms with Gasteiger partial charge in [0, 0.05) is 24.5 Å². The van der Waals surface area contributed by atoms with Gasteiger partial charge in [0.25, 0.3) is 0 Å². The van der Waals surface area contributed by atoms with Crippen LogP contribution < -0.4 is 5.32 Å². The zero-order valence-corrected chi connectivity index (χ0v) is 11.4. The molecule has 1 N–H and O–H groups in total. The molecule has 0 amide bonds. The lowest BCUT2D eigenvalue weighted by Crippen LogP contribution is -2.00. The van der Waals surface area contributed by atoms with Crippen LogP contribution in [0.3, 0.4) is 0 Å². The number of rotatable bonds is 4. The van der Waals surface area contributed by atoms with Gasteiger partial charge in [-0.25, -0.2) is 4.68 Å². The smallest absolute Gasteiger partial charge is 0.129 e. The summed E-state index contributed by atoms with van der Waals surface area (Å²) in [4.78, 5) is 0. The van der Waals surface area contributed by atoms with Crippen LogP contribution in [0.1, 0.15) is 5.56 Å². The second-order valence-electron chi connectivity index (χ2n) is 3.92. The van der Waals surface area contributed by atoms with Crippen molar-refractivity contribution in [3.05, 3.63) is 41.7 Å². The summed E-state index contributed by atoms with van der Waals surface area (Å²) in [5.41, 5.74) is 3.49. The van der Waals surface area contributed by atoms with E-state index in [9.17, 15) is 0 Å². The summed E-state index contributed by atoms with van der Waals surface area (Å²) in [7, 11) is 0. The minimum absolute atomic E-state index is 0.615. The van der Waals surface area contributed by atoms with Crippen LogP contribution in [0.5, 0.6) is 0 Å². The van der Waals surface area contributed by atoms with E-state index >= 15 is 0 Å². The van der Waals surface area contributed by atoms with Crippen molar-refractivity contribution in [2.45, 2.75) is 6.54 Å². The molecule has 96 valence electrons. The van der Waals surface area contributed by atoms with Crippen molar-refractivity contribution in [3.8, 4) is 0 Å². The monoisotopic (exact) mass is 291 g/mol. The van der Waals surface area contributed by atoms with Crippen molar-refractivity contribution >= 4 is 46.2 Å². The number of anilines is 1. The molecule has 0 aliphatic rings. The van der Waals surface area contributed by atoms with Crippen LogP contribution in [0.15, 0.2) is 31.1 Å². The Bertz CT molecular complexity index is 733. The molecule has 0 spiro atoms. The van der Waals surface area contributed by atoms with E-state index < -0.39 is 0 Å². The van der Waals surface area contributed by atoms with Gasteiger partial charge >= 0.3 is 0 Å². The van der Waals surface area contributed by atoms with Crippen LogP contribution >= 0.6 is 23.3 Å². The predicted octanol–water partition coefficient (Wildman–Crippen LogP) is 3.25. The molecule has 0 saturated carbocycles. The summed E-state index contributed by atoms with van der Waals surface area (Å²) in [6.07, 6.45) is 5.32. The molecule has 5 nitrogen and oxygen atoms in total. The SMILES string of the molecule is C=Cn1cc(CNc2c(Cl)ccc3nsnc23)cn1. The third kappa shape index (κ3) is 2.32. The number of hydrogen-bond acceptors (Lipinski definition) is 5. The van der Waals surface area contributed by atoms with E-state index in [1.807, 2.05) is 18.3 Å². The fourth-order valence-corrected chi connectivity index (χ4v) is 2.52. The van der Waals surface area contributed by atoms with Crippen molar-refractivity contribution in [3.63, 3.8) is 0 Å². The number of aromatic nitrogens is 4. The fraction of sp³-hybridized carbons (Fsp3) is 0.0833. The summed E-state index contributed by atoms with van der Waals surface area (Å²) in [6.45, 7) is 4.27. The molecule has 2 heterocycles. The maximum atomic E-state index is 6.20. The Labute approximate surface area is 118 Å². The van der Waals surface area contributed by atoms with Gasteiger partial charge in [0.2, 0.25) is 0 Å². The molecule has 0 radical (unpaired) electrons. The van der Waals surface area contributed by atoms with E-state index in [0.717, 1.165) is 22.3 Å². The maximum Gasteiger partial charge on any atom is 0.129 e. The van der Waals surface area contributed by atoms with E-state index in [1.54, 1.807) is 17.1 Å². The summed E-state index contributed by atoms with van der Waals surface area (Å²) in [5, 5.41) is 8.04. The van der Waals surface area contributed by atoms with Crippen molar-refractivity contribution in [2.75, 3.05) is 5.32 Å². The van der Waals surface area contributed by atoms with E-state index in [2.05, 4.69) is 25.7 Å². The number of nitrogens with zero attached hydrogens (tertiary/aromatic N) is 4. The van der Waals surface area contributed by atoms with Crippen LogP contribution in [0.4, 0.5) is 5.69 Å². The lowest BCUT2D eigenvalue weighted by Gasteiger charge is -2.07. The van der Waals surface area contributed by atoms with Gasteiger partial charge in [-0.15, -0.1) is 0 Å². The Balaban J connectivity index is 1.86. The molecule has 1 aromatic carbocycles. The first-order valence-corrected chi connectivity index (χ1v) is 6.69. The molecule has 0 bridgehead atoms. The van der Waals surface area contributed by atoms with E-state index in [4.69, 9.17) is 11.6 Å². The highest BCUT2D eigenvalue weighted by Gasteiger charge is 2.09. The highest BCUT2D eigenvalue weighted by Crippen LogP contribution is 2.30. The van der Waals surface area contributed by atoms with Crippen LogP contribution in [0.25, 0.3) is 17.2 Å². The molecule has 0 atom stereocenters. The average Bonchev–Trinajstić information content (AvgIpc) is 3.05. The summed E-state index contributed by atoms with van der Waals surface area (Å²) >= 11 is 7.37. The van der Waals surface area contributed by atoms with Gasteiger partial charge in [-0.1, -0.05) is 18.2 Å². The Morgan fingerprint density at radius 1 is 1.42 bits per heavy atom. The maximum absolute atomic E-state index is 6.20. The number of benzene rings is 1. The van der Waals surface area contributed by atoms with Crippen LogP contribution in [-0.2, 0) is 6.54 Å². The highest BCUT2D eigenvalue weighted by molar-refractivity contribution is 7.00. The zero-order valence-electron chi connectivity index (χ0n) is 9.88. The summed E-state index contributed by atoms with van der Waals surface area (Å²) in [5.74, 6) is 0. The molecule has 0 aliphatic heterocycles. The van der Waals surface area contributed by atoms with Crippen LogP contribution in [-0.4, -0.2) is 18.5 Å². The Morgan fingerprint density at radius 2 is 2.32 bits per heavy atom. The minimum Gasteiger partial charge on any atom is -0.378 e. The normalized spacial score (nSPS) is 10.8. The largest absolute Gasteiger partial charge is 0.378 e. The molecule has 7 heteroatoms. The molecule has 19 heavy (non-hydrogen) atoms. The van der Waals surface area contributed by atoms with Gasteiger partial charge in [0.15, 0.2) is 0 Å². The van der Waals surface area contributed by atoms with Gasteiger partial charge < -0.3 is 5.32 Å². The van der Waals surface area contributed by atoms with Gasteiger partial charge in [-0.05, 0) is 12.1 Å². The van der Waals surface area contributed by atoms with Gasteiger partial charge in [-0.3, -0.25) is 0 Å². The second-order valence-corrected chi connectivity index (χ2v) is 4.85. The number of nitrogens with one attached hydrogen (secondary N) is 1. The highest BCUT2D eigenvalue weighted by atomic mass is 35.5. The zero-order chi connectivity index (χ0) is 13.2. The Hall–Kier alpha value is -1.92. The first-order valence-electron chi connectivity index (χ1n) is 5.58. The van der Waals surface area contributed by atoms with Gasteiger partial charge in [0.05, 0.1) is 28.6 Å². The first-order chi connectivity index (χ1) is 9.28. The quantitative estimate of drug-likeness (QED) is 0.801. The predicted molar refractivity (Wildman–Crippen MR) is 78.4 cm³/mol. The second kappa shape index (κ2) is 4.99. The van der Waals surface area contributed by atoms with E-state index in [0.29, 0.717) is 11.6 Å². The molecule has 0 aliphatic carbocycles.